The Kier molecular flexibility index (Phi) is 5.77. The standard InChI is InChI=1S/C12H24N2O2/c1-3-10-7-5-6-8-14(10)9-11(13)12(15)16-4-2/h10-11H,3-9,13H2,1-2H3. The third-order valence-electron chi connectivity index (χ3n) is 3.24. The summed E-state index contributed by atoms with van der Waals surface area (Å²) in [5.74, 6) is -0.275. The highest BCUT2D eigenvalue weighted by atomic mass is 16.5. The molecule has 4 nitrogen and oxygen atoms in total. The highest BCUT2D eigenvalue weighted by Crippen LogP contribution is 2.19. The molecule has 0 spiro atoms. The van der Waals surface area contributed by atoms with E-state index in [9.17, 15) is 4.79 Å². The van der Waals surface area contributed by atoms with Gasteiger partial charge in [0.25, 0.3) is 0 Å². The molecule has 0 aliphatic carbocycles. The maximum absolute atomic E-state index is 11.4. The lowest BCUT2D eigenvalue weighted by Gasteiger charge is -2.36. The van der Waals surface area contributed by atoms with Crippen LogP contribution in [0, 0.1) is 0 Å². The first kappa shape index (κ1) is 13.5. The van der Waals surface area contributed by atoms with Gasteiger partial charge in [0.2, 0.25) is 0 Å². The van der Waals surface area contributed by atoms with Gasteiger partial charge in [-0.1, -0.05) is 13.3 Å². The summed E-state index contributed by atoms with van der Waals surface area (Å²) < 4.78 is 4.92. The second kappa shape index (κ2) is 6.86. The Balaban J connectivity index is 2.41. The molecule has 0 radical (unpaired) electrons. The predicted molar refractivity (Wildman–Crippen MR) is 64.1 cm³/mol. The van der Waals surface area contributed by atoms with Crippen molar-refractivity contribution in [3.63, 3.8) is 0 Å². The van der Waals surface area contributed by atoms with E-state index in [0.29, 0.717) is 19.2 Å². The number of nitrogens with two attached hydrogens (primary N) is 1. The predicted octanol–water partition coefficient (Wildman–Crippen LogP) is 1.14. The summed E-state index contributed by atoms with van der Waals surface area (Å²) in [4.78, 5) is 13.8. The summed E-state index contributed by atoms with van der Waals surface area (Å²) in [6.45, 7) is 6.10. The molecule has 16 heavy (non-hydrogen) atoms. The average molecular weight is 228 g/mol. The van der Waals surface area contributed by atoms with Gasteiger partial charge in [0.05, 0.1) is 6.61 Å². The third-order valence-corrected chi connectivity index (χ3v) is 3.24. The number of esters is 1. The van der Waals surface area contributed by atoms with Gasteiger partial charge in [0.15, 0.2) is 0 Å². The highest BCUT2D eigenvalue weighted by Gasteiger charge is 2.25. The van der Waals surface area contributed by atoms with Crippen LogP contribution in [-0.4, -0.2) is 42.6 Å². The number of carbonyl (C=O) groups excluding carboxylic acids is 1. The van der Waals surface area contributed by atoms with Crippen LogP contribution in [-0.2, 0) is 9.53 Å². The van der Waals surface area contributed by atoms with Crippen molar-refractivity contribution in [2.45, 2.75) is 51.6 Å². The van der Waals surface area contributed by atoms with Gasteiger partial charge in [-0.25, -0.2) is 0 Å². The molecule has 0 aromatic carbocycles. The van der Waals surface area contributed by atoms with Crippen LogP contribution in [0.5, 0.6) is 0 Å². The van der Waals surface area contributed by atoms with Crippen molar-refractivity contribution in [1.82, 2.24) is 4.90 Å². The summed E-state index contributed by atoms with van der Waals surface area (Å²) >= 11 is 0. The molecule has 2 unspecified atom stereocenters. The topological polar surface area (TPSA) is 55.6 Å². The van der Waals surface area contributed by atoms with E-state index >= 15 is 0 Å². The van der Waals surface area contributed by atoms with Crippen molar-refractivity contribution in [3.05, 3.63) is 0 Å². The monoisotopic (exact) mass is 228 g/mol. The molecule has 2 atom stereocenters. The van der Waals surface area contributed by atoms with Crippen LogP contribution < -0.4 is 5.73 Å². The minimum atomic E-state index is -0.493. The van der Waals surface area contributed by atoms with Gasteiger partial charge >= 0.3 is 5.97 Å². The number of hydrogen-bond donors (Lipinski definition) is 1. The van der Waals surface area contributed by atoms with E-state index in [1.165, 1.54) is 19.3 Å². The average Bonchev–Trinajstić information content (AvgIpc) is 2.30. The second-order valence-electron chi connectivity index (χ2n) is 4.41. The fourth-order valence-corrected chi connectivity index (χ4v) is 2.34. The fourth-order valence-electron chi connectivity index (χ4n) is 2.34. The Bertz CT molecular complexity index is 221. The van der Waals surface area contributed by atoms with Crippen molar-refractivity contribution in [2.75, 3.05) is 19.7 Å². The van der Waals surface area contributed by atoms with Crippen LogP contribution in [0.1, 0.15) is 39.5 Å². The second-order valence-corrected chi connectivity index (χ2v) is 4.41. The van der Waals surface area contributed by atoms with Crippen molar-refractivity contribution in [2.24, 2.45) is 5.73 Å². The van der Waals surface area contributed by atoms with E-state index in [4.69, 9.17) is 10.5 Å². The zero-order valence-electron chi connectivity index (χ0n) is 10.4. The maximum atomic E-state index is 11.4. The molecular weight excluding hydrogens is 204 g/mol. The first-order chi connectivity index (χ1) is 7.69. The molecule has 1 heterocycles. The molecule has 0 amide bonds. The van der Waals surface area contributed by atoms with E-state index in [0.717, 1.165) is 13.0 Å². The fraction of sp³-hybridized carbons (Fsp3) is 0.917. The maximum Gasteiger partial charge on any atom is 0.324 e. The minimum Gasteiger partial charge on any atom is -0.465 e. The third kappa shape index (κ3) is 3.76. The summed E-state index contributed by atoms with van der Waals surface area (Å²) in [6.07, 6.45) is 4.87. The molecule has 1 aliphatic rings. The van der Waals surface area contributed by atoms with Crippen LogP contribution >= 0.6 is 0 Å². The Morgan fingerprint density at radius 2 is 2.25 bits per heavy atom. The van der Waals surface area contributed by atoms with Gasteiger partial charge in [-0.05, 0) is 32.7 Å². The molecule has 1 aliphatic heterocycles. The Hall–Kier alpha value is -0.610. The smallest absolute Gasteiger partial charge is 0.324 e. The molecule has 0 aromatic heterocycles. The Morgan fingerprint density at radius 3 is 2.88 bits per heavy atom. The summed E-state index contributed by atoms with van der Waals surface area (Å²) in [6, 6.07) is 0.0985. The molecule has 1 rings (SSSR count). The molecule has 0 aromatic rings. The first-order valence-electron chi connectivity index (χ1n) is 6.35. The van der Waals surface area contributed by atoms with E-state index in [1.807, 2.05) is 0 Å². The van der Waals surface area contributed by atoms with Crippen molar-refractivity contribution < 1.29 is 9.53 Å². The molecule has 1 fully saturated rings. The number of rotatable bonds is 5. The molecule has 94 valence electrons. The van der Waals surface area contributed by atoms with E-state index in [1.54, 1.807) is 6.92 Å². The van der Waals surface area contributed by atoms with Crippen molar-refractivity contribution in [3.8, 4) is 0 Å². The lowest BCUT2D eigenvalue weighted by molar-refractivity contribution is -0.145. The van der Waals surface area contributed by atoms with Gasteiger partial charge in [-0.2, -0.15) is 0 Å². The Morgan fingerprint density at radius 1 is 1.50 bits per heavy atom. The lowest BCUT2D eigenvalue weighted by Crippen LogP contribution is -2.49. The lowest BCUT2D eigenvalue weighted by atomic mass is 9.99. The zero-order chi connectivity index (χ0) is 12.0. The normalized spacial score (nSPS) is 24.1. The van der Waals surface area contributed by atoms with Gasteiger partial charge in [0, 0.05) is 12.6 Å². The summed E-state index contributed by atoms with van der Waals surface area (Å²) in [5, 5.41) is 0. The van der Waals surface area contributed by atoms with Gasteiger partial charge in [-0.15, -0.1) is 0 Å². The van der Waals surface area contributed by atoms with Gasteiger partial charge in [0.1, 0.15) is 6.04 Å². The van der Waals surface area contributed by atoms with Crippen LogP contribution in [0.3, 0.4) is 0 Å². The quantitative estimate of drug-likeness (QED) is 0.717. The number of ether oxygens (including phenoxy) is 1. The van der Waals surface area contributed by atoms with Gasteiger partial charge in [-0.3, -0.25) is 9.69 Å². The molecule has 0 saturated carbocycles. The Labute approximate surface area is 98.1 Å². The highest BCUT2D eigenvalue weighted by molar-refractivity contribution is 5.75. The van der Waals surface area contributed by atoms with Gasteiger partial charge < -0.3 is 10.5 Å². The number of likely N-dealkylation sites (tertiary alicyclic amines) is 1. The van der Waals surface area contributed by atoms with Crippen LogP contribution in [0.15, 0.2) is 0 Å². The van der Waals surface area contributed by atoms with Crippen LogP contribution in [0.4, 0.5) is 0 Å². The number of piperidine rings is 1. The summed E-state index contributed by atoms with van der Waals surface area (Å²) in [7, 11) is 0. The SMILES string of the molecule is CCOC(=O)C(N)CN1CCCCC1CC. The van der Waals surface area contributed by atoms with Crippen molar-refractivity contribution in [1.29, 1.82) is 0 Å². The van der Waals surface area contributed by atoms with Crippen LogP contribution in [0.2, 0.25) is 0 Å². The molecule has 0 bridgehead atoms. The molecule has 4 heteroatoms. The largest absolute Gasteiger partial charge is 0.465 e. The van der Waals surface area contributed by atoms with E-state index in [-0.39, 0.29) is 5.97 Å². The molecule has 2 N–H and O–H groups in total. The minimum absolute atomic E-state index is 0.275. The van der Waals surface area contributed by atoms with E-state index < -0.39 is 6.04 Å². The van der Waals surface area contributed by atoms with Crippen molar-refractivity contribution >= 4 is 5.97 Å². The first-order valence-corrected chi connectivity index (χ1v) is 6.35. The van der Waals surface area contributed by atoms with E-state index in [2.05, 4.69) is 11.8 Å². The molecular formula is C12H24N2O2. The number of nitrogens with zero attached hydrogens (tertiary/aromatic N) is 1. The zero-order valence-corrected chi connectivity index (χ0v) is 10.4. The number of carbonyl (C=O) groups is 1. The van der Waals surface area contributed by atoms with Crippen LogP contribution in [0.25, 0.3) is 0 Å². The number of hydrogen-bond acceptors (Lipinski definition) is 4. The molecule has 1 saturated heterocycles. The summed E-state index contributed by atoms with van der Waals surface area (Å²) in [5.41, 5.74) is 5.83.